The second-order valence-electron chi connectivity index (χ2n) is 10.3. The molecule has 0 aromatic rings. The van der Waals surface area contributed by atoms with E-state index in [1.54, 1.807) is 0 Å². The number of ether oxygens (including phenoxy) is 6. The van der Waals surface area contributed by atoms with Gasteiger partial charge in [-0.15, -0.1) is 0 Å². The summed E-state index contributed by atoms with van der Waals surface area (Å²) >= 11 is 0. The standard InChI is InChI=1S/C25H42O6/c1-2-3-4-5-12-17-26-21-20(19-18-27-24(29-19)13-8-6-9-14-24)28-23-22(21)30-25(31-23)15-10-7-11-16-25/h19-23H,2-18H2,1H3. The van der Waals surface area contributed by atoms with Crippen LogP contribution in [0.3, 0.4) is 0 Å². The van der Waals surface area contributed by atoms with E-state index in [4.69, 9.17) is 28.4 Å². The van der Waals surface area contributed by atoms with Crippen LogP contribution in [0.15, 0.2) is 0 Å². The van der Waals surface area contributed by atoms with Crippen molar-refractivity contribution in [3.8, 4) is 0 Å². The maximum absolute atomic E-state index is 6.58. The van der Waals surface area contributed by atoms with Crippen LogP contribution in [0, 0.1) is 0 Å². The summed E-state index contributed by atoms with van der Waals surface area (Å²) in [6.07, 6.45) is 16.3. The average Bonchev–Trinajstić information content (AvgIpc) is 3.44. The van der Waals surface area contributed by atoms with Crippen molar-refractivity contribution in [1.29, 1.82) is 0 Å². The maximum atomic E-state index is 6.58. The van der Waals surface area contributed by atoms with Crippen molar-refractivity contribution in [1.82, 2.24) is 0 Å². The Morgan fingerprint density at radius 3 is 2.19 bits per heavy atom. The molecule has 2 spiro atoms. The highest BCUT2D eigenvalue weighted by molar-refractivity contribution is 5.01. The van der Waals surface area contributed by atoms with Gasteiger partial charge in [0.15, 0.2) is 17.9 Å². The van der Waals surface area contributed by atoms with Crippen LogP contribution >= 0.6 is 0 Å². The number of hydrogen-bond donors (Lipinski definition) is 0. The molecule has 5 rings (SSSR count). The van der Waals surface area contributed by atoms with E-state index in [1.165, 1.54) is 51.4 Å². The lowest BCUT2D eigenvalue weighted by atomic mass is 9.94. The molecule has 0 aromatic heterocycles. The van der Waals surface area contributed by atoms with E-state index in [9.17, 15) is 0 Å². The zero-order chi connectivity index (χ0) is 21.2. The summed E-state index contributed by atoms with van der Waals surface area (Å²) in [6.45, 7) is 3.57. The van der Waals surface area contributed by atoms with E-state index in [1.807, 2.05) is 0 Å². The number of rotatable bonds is 8. The van der Waals surface area contributed by atoms with Gasteiger partial charge in [0.05, 0.1) is 6.61 Å². The molecule has 0 amide bonds. The van der Waals surface area contributed by atoms with Crippen LogP contribution in [0.25, 0.3) is 0 Å². The molecule has 6 heteroatoms. The average molecular weight is 439 g/mol. The quantitative estimate of drug-likeness (QED) is 0.485. The molecule has 0 N–H and O–H groups in total. The van der Waals surface area contributed by atoms with Gasteiger partial charge in [0.25, 0.3) is 0 Å². The molecule has 5 fully saturated rings. The first-order valence-electron chi connectivity index (χ1n) is 13.2. The summed E-state index contributed by atoms with van der Waals surface area (Å²) in [7, 11) is 0. The van der Waals surface area contributed by atoms with Crippen molar-refractivity contribution in [2.24, 2.45) is 0 Å². The zero-order valence-corrected chi connectivity index (χ0v) is 19.4. The topological polar surface area (TPSA) is 55.4 Å². The molecule has 3 heterocycles. The maximum Gasteiger partial charge on any atom is 0.190 e. The molecule has 2 aliphatic carbocycles. The van der Waals surface area contributed by atoms with Crippen molar-refractivity contribution in [2.45, 2.75) is 146 Å². The molecule has 0 aromatic carbocycles. The van der Waals surface area contributed by atoms with E-state index in [2.05, 4.69) is 6.92 Å². The summed E-state index contributed by atoms with van der Waals surface area (Å²) in [5, 5.41) is 0. The predicted molar refractivity (Wildman–Crippen MR) is 116 cm³/mol. The minimum atomic E-state index is -0.459. The van der Waals surface area contributed by atoms with Gasteiger partial charge in [0, 0.05) is 32.3 Å². The Labute approximate surface area is 187 Å². The van der Waals surface area contributed by atoms with Gasteiger partial charge in [-0.3, -0.25) is 0 Å². The lowest BCUT2D eigenvalue weighted by molar-refractivity contribution is -0.262. The number of hydrogen-bond acceptors (Lipinski definition) is 6. The van der Waals surface area contributed by atoms with Gasteiger partial charge >= 0.3 is 0 Å². The zero-order valence-electron chi connectivity index (χ0n) is 19.4. The Balaban J connectivity index is 1.23. The van der Waals surface area contributed by atoms with E-state index < -0.39 is 11.6 Å². The van der Waals surface area contributed by atoms with Crippen LogP contribution < -0.4 is 0 Å². The molecule has 6 nitrogen and oxygen atoms in total. The van der Waals surface area contributed by atoms with E-state index >= 15 is 0 Å². The summed E-state index contributed by atoms with van der Waals surface area (Å²) < 4.78 is 38.7. The van der Waals surface area contributed by atoms with Crippen LogP contribution in [0.1, 0.15) is 103 Å². The molecule has 0 radical (unpaired) electrons. The van der Waals surface area contributed by atoms with Gasteiger partial charge in [0.2, 0.25) is 0 Å². The minimum absolute atomic E-state index is 0.108. The normalized spacial score (nSPS) is 38.8. The summed E-state index contributed by atoms with van der Waals surface area (Å²) in [4.78, 5) is 0. The number of fused-ring (bicyclic) bond motifs is 1. The van der Waals surface area contributed by atoms with Gasteiger partial charge in [-0.1, -0.05) is 45.4 Å². The van der Waals surface area contributed by atoms with E-state index in [0.717, 1.165) is 51.6 Å². The first-order chi connectivity index (χ1) is 15.2. The molecule has 0 bridgehead atoms. The van der Waals surface area contributed by atoms with Crippen LogP contribution in [0.2, 0.25) is 0 Å². The lowest BCUT2D eigenvalue weighted by Gasteiger charge is -2.35. The molecule has 5 unspecified atom stereocenters. The molecule has 5 aliphatic rings. The molecular weight excluding hydrogens is 396 g/mol. The highest BCUT2D eigenvalue weighted by Crippen LogP contribution is 2.48. The fraction of sp³-hybridized carbons (Fsp3) is 1.00. The molecule has 3 saturated heterocycles. The Morgan fingerprint density at radius 2 is 1.45 bits per heavy atom. The number of unbranched alkanes of at least 4 members (excludes halogenated alkanes) is 4. The fourth-order valence-electron chi connectivity index (χ4n) is 6.19. The second kappa shape index (κ2) is 9.94. The van der Waals surface area contributed by atoms with Crippen LogP contribution in [-0.4, -0.2) is 55.5 Å². The third kappa shape index (κ3) is 4.85. The Morgan fingerprint density at radius 1 is 0.742 bits per heavy atom. The predicted octanol–water partition coefficient (Wildman–Crippen LogP) is 5.22. The van der Waals surface area contributed by atoms with Gasteiger partial charge in [-0.05, 0) is 32.1 Å². The van der Waals surface area contributed by atoms with Crippen molar-refractivity contribution in [3.63, 3.8) is 0 Å². The second-order valence-corrected chi connectivity index (χ2v) is 10.3. The molecule has 31 heavy (non-hydrogen) atoms. The Hall–Kier alpha value is -0.240. The molecular formula is C25H42O6. The summed E-state index contributed by atoms with van der Waals surface area (Å²) in [5.74, 6) is -0.861. The van der Waals surface area contributed by atoms with E-state index in [-0.39, 0.29) is 30.7 Å². The third-order valence-corrected chi connectivity index (χ3v) is 7.92. The minimum Gasteiger partial charge on any atom is -0.372 e. The largest absolute Gasteiger partial charge is 0.372 e. The third-order valence-electron chi connectivity index (χ3n) is 7.92. The Bertz CT molecular complexity index is 570. The highest BCUT2D eigenvalue weighted by atomic mass is 16.9. The van der Waals surface area contributed by atoms with Crippen LogP contribution in [-0.2, 0) is 28.4 Å². The SMILES string of the molecule is CCCCCCCOC1C(C2COC3(CCCCC3)O2)OC2OC3(CCCCC3)OC21. The first-order valence-corrected chi connectivity index (χ1v) is 13.2. The smallest absolute Gasteiger partial charge is 0.190 e. The van der Waals surface area contributed by atoms with Crippen molar-refractivity contribution >= 4 is 0 Å². The van der Waals surface area contributed by atoms with Gasteiger partial charge in [-0.25, -0.2) is 0 Å². The van der Waals surface area contributed by atoms with Crippen LogP contribution in [0.4, 0.5) is 0 Å². The molecule has 5 atom stereocenters. The van der Waals surface area contributed by atoms with E-state index in [0.29, 0.717) is 6.61 Å². The van der Waals surface area contributed by atoms with Gasteiger partial charge in [-0.2, -0.15) is 0 Å². The first kappa shape index (κ1) is 22.5. The van der Waals surface area contributed by atoms with Gasteiger partial charge in [0.1, 0.15) is 24.4 Å². The van der Waals surface area contributed by atoms with Crippen molar-refractivity contribution in [3.05, 3.63) is 0 Å². The van der Waals surface area contributed by atoms with Gasteiger partial charge < -0.3 is 28.4 Å². The molecule has 3 aliphatic heterocycles. The summed E-state index contributed by atoms with van der Waals surface area (Å²) in [6, 6.07) is 0. The highest BCUT2D eigenvalue weighted by Gasteiger charge is 2.61. The van der Waals surface area contributed by atoms with Crippen LogP contribution in [0.5, 0.6) is 0 Å². The Kier molecular flexibility index (Phi) is 7.23. The fourth-order valence-corrected chi connectivity index (χ4v) is 6.19. The lowest BCUT2D eigenvalue weighted by Crippen LogP contribution is -2.46. The van der Waals surface area contributed by atoms with Crippen molar-refractivity contribution in [2.75, 3.05) is 13.2 Å². The summed E-state index contributed by atoms with van der Waals surface area (Å²) in [5.41, 5.74) is 0. The van der Waals surface area contributed by atoms with Crippen molar-refractivity contribution < 1.29 is 28.4 Å². The molecule has 178 valence electrons. The monoisotopic (exact) mass is 438 g/mol. The molecule has 2 saturated carbocycles.